The van der Waals surface area contributed by atoms with Crippen molar-refractivity contribution in [1.29, 1.82) is 0 Å². The Bertz CT molecular complexity index is 419. The summed E-state index contributed by atoms with van der Waals surface area (Å²) in [5.74, 6) is 0.832. The van der Waals surface area contributed by atoms with E-state index in [0.717, 1.165) is 19.4 Å². The first-order valence-electron chi connectivity index (χ1n) is 6.75. The Balaban J connectivity index is 2.05. The van der Waals surface area contributed by atoms with Gasteiger partial charge in [0.1, 0.15) is 5.37 Å². The van der Waals surface area contributed by atoms with Crippen LogP contribution in [0.2, 0.25) is 0 Å². The molecule has 0 radical (unpaired) electrons. The van der Waals surface area contributed by atoms with E-state index < -0.39 is 0 Å². The molecule has 104 valence electrons. The van der Waals surface area contributed by atoms with E-state index in [1.807, 2.05) is 4.90 Å². The van der Waals surface area contributed by atoms with Crippen molar-refractivity contribution in [2.75, 3.05) is 26.0 Å². The van der Waals surface area contributed by atoms with E-state index in [1.54, 1.807) is 18.9 Å². The first-order valence-corrected chi connectivity index (χ1v) is 7.80. The minimum absolute atomic E-state index is 0.176. The molecule has 1 amide bonds. The number of ether oxygens (including phenoxy) is 1. The molecule has 1 fully saturated rings. The number of carbonyl (C=O) groups is 1. The lowest BCUT2D eigenvalue weighted by Crippen LogP contribution is -2.29. The third-order valence-electron chi connectivity index (χ3n) is 3.39. The number of methoxy groups -OCH3 is 1. The van der Waals surface area contributed by atoms with E-state index in [4.69, 9.17) is 4.74 Å². The van der Waals surface area contributed by atoms with E-state index in [1.165, 1.54) is 11.1 Å². The first kappa shape index (κ1) is 14.4. The monoisotopic (exact) mass is 279 g/mol. The van der Waals surface area contributed by atoms with Crippen LogP contribution < -0.4 is 0 Å². The van der Waals surface area contributed by atoms with Gasteiger partial charge in [-0.25, -0.2) is 0 Å². The highest BCUT2D eigenvalue weighted by Gasteiger charge is 2.32. The molecule has 2 rings (SSSR count). The summed E-state index contributed by atoms with van der Waals surface area (Å²) in [7, 11) is 1.70. The summed E-state index contributed by atoms with van der Waals surface area (Å²) in [6.07, 6.45) is 1.95. The molecule has 19 heavy (non-hydrogen) atoms. The smallest absolute Gasteiger partial charge is 0.233 e. The van der Waals surface area contributed by atoms with Crippen molar-refractivity contribution in [3.63, 3.8) is 0 Å². The number of carbonyl (C=O) groups excluding carboxylic acids is 1. The predicted molar refractivity (Wildman–Crippen MR) is 79.2 cm³/mol. The number of rotatable bonds is 6. The summed E-state index contributed by atoms with van der Waals surface area (Å²) in [5.41, 5.74) is 2.56. The quantitative estimate of drug-likeness (QED) is 0.750. The molecule has 1 heterocycles. The Morgan fingerprint density at radius 3 is 2.74 bits per heavy atom. The lowest BCUT2D eigenvalue weighted by molar-refractivity contribution is -0.128. The average molecular weight is 279 g/mol. The van der Waals surface area contributed by atoms with Gasteiger partial charge in [-0.1, -0.05) is 31.2 Å². The van der Waals surface area contributed by atoms with Crippen LogP contribution in [0.5, 0.6) is 0 Å². The highest BCUT2D eigenvalue weighted by Crippen LogP contribution is 2.38. The molecule has 4 heteroatoms. The Morgan fingerprint density at radius 2 is 2.11 bits per heavy atom. The first-order chi connectivity index (χ1) is 9.26. The average Bonchev–Trinajstić information content (AvgIpc) is 2.81. The van der Waals surface area contributed by atoms with Crippen molar-refractivity contribution in [2.45, 2.75) is 25.1 Å². The van der Waals surface area contributed by atoms with Crippen molar-refractivity contribution in [1.82, 2.24) is 4.90 Å². The predicted octanol–water partition coefficient (Wildman–Crippen LogP) is 2.86. The number of benzene rings is 1. The maximum atomic E-state index is 11.9. The third kappa shape index (κ3) is 3.51. The topological polar surface area (TPSA) is 29.5 Å². The van der Waals surface area contributed by atoms with Crippen LogP contribution in [-0.4, -0.2) is 36.8 Å². The molecule has 0 N–H and O–H groups in total. The van der Waals surface area contributed by atoms with Gasteiger partial charge in [-0.3, -0.25) is 4.79 Å². The van der Waals surface area contributed by atoms with E-state index in [-0.39, 0.29) is 11.3 Å². The van der Waals surface area contributed by atoms with Gasteiger partial charge in [0.05, 0.1) is 5.75 Å². The number of hydrogen-bond acceptors (Lipinski definition) is 3. The Kier molecular flexibility index (Phi) is 5.28. The molecule has 1 unspecified atom stereocenters. The van der Waals surface area contributed by atoms with E-state index in [2.05, 4.69) is 31.2 Å². The molecular weight excluding hydrogens is 258 g/mol. The fraction of sp³-hybridized carbons (Fsp3) is 0.533. The maximum Gasteiger partial charge on any atom is 0.233 e. The summed E-state index contributed by atoms with van der Waals surface area (Å²) < 4.78 is 5.06. The van der Waals surface area contributed by atoms with Crippen molar-refractivity contribution < 1.29 is 9.53 Å². The standard InChI is InChI=1S/C15H21NO2S/c1-3-12-5-7-13(8-6-12)15-16(9-4-10-18-2)14(17)11-19-15/h5-8,15H,3-4,9-11H2,1-2H3. The second-order valence-corrected chi connectivity index (χ2v) is 5.76. The maximum absolute atomic E-state index is 11.9. The zero-order chi connectivity index (χ0) is 13.7. The lowest BCUT2D eigenvalue weighted by atomic mass is 10.1. The molecule has 0 aromatic heterocycles. The van der Waals surface area contributed by atoms with Crippen molar-refractivity contribution in [3.8, 4) is 0 Å². The Hall–Kier alpha value is -1.00. The molecule has 1 aliphatic heterocycles. The van der Waals surface area contributed by atoms with Crippen LogP contribution in [0.1, 0.15) is 29.8 Å². The van der Waals surface area contributed by atoms with Gasteiger partial charge in [-0.05, 0) is 24.0 Å². The number of thioether (sulfide) groups is 1. The molecular formula is C15H21NO2S. The molecule has 3 nitrogen and oxygen atoms in total. The van der Waals surface area contributed by atoms with Crippen LogP contribution in [0, 0.1) is 0 Å². The van der Waals surface area contributed by atoms with Gasteiger partial charge in [-0.2, -0.15) is 0 Å². The van der Waals surface area contributed by atoms with Crippen LogP contribution in [0.4, 0.5) is 0 Å². The fourth-order valence-electron chi connectivity index (χ4n) is 2.27. The third-order valence-corrected chi connectivity index (χ3v) is 4.64. The van der Waals surface area contributed by atoms with Gasteiger partial charge in [0.2, 0.25) is 5.91 Å². The summed E-state index contributed by atoms with van der Waals surface area (Å²) in [6.45, 7) is 3.63. The number of hydrogen-bond donors (Lipinski definition) is 0. The van der Waals surface area contributed by atoms with Crippen LogP contribution in [-0.2, 0) is 16.0 Å². The molecule has 1 aromatic carbocycles. The molecule has 1 atom stereocenters. The largest absolute Gasteiger partial charge is 0.385 e. The normalized spacial score (nSPS) is 19.2. The molecule has 0 saturated carbocycles. The molecule has 1 saturated heterocycles. The highest BCUT2D eigenvalue weighted by molar-refractivity contribution is 8.00. The van der Waals surface area contributed by atoms with Crippen molar-refractivity contribution in [2.24, 2.45) is 0 Å². The van der Waals surface area contributed by atoms with Crippen LogP contribution in [0.3, 0.4) is 0 Å². The van der Waals surface area contributed by atoms with Crippen LogP contribution in [0.25, 0.3) is 0 Å². The molecule has 1 aromatic rings. The van der Waals surface area contributed by atoms with E-state index >= 15 is 0 Å². The summed E-state index contributed by atoms with van der Waals surface area (Å²) in [5, 5.41) is 0.176. The lowest BCUT2D eigenvalue weighted by Gasteiger charge is -2.24. The van der Waals surface area contributed by atoms with Crippen LogP contribution in [0.15, 0.2) is 24.3 Å². The van der Waals surface area contributed by atoms with Gasteiger partial charge in [-0.15, -0.1) is 11.8 Å². The van der Waals surface area contributed by atoms with Gasteiger partial charge in [0, 0.05) is 20.3 Å². The van der Waals surface area contributed by atoms with E-state index in [9.17, 15) is 4.79 Å². The van der Waals surface area contributed by atoms with Crippen molar-refractivity contribution in [3.05, 3.63) is 35.4 Å². The highest BCUT2D eigenvalue weighted by atomic mass is 32.2. The molecule has 1 aliphatic rings. The van der Waals surface area contributed by atoms with Crippen molar-refractivity contribution >= 4 is 17.7 Å². The summed E-state index contributed by atoms with van der Waals surface area (Å²) in [6, 6.07) is 8.62. The Labute approximate surface area is 119 Å². The van der Waals surface area contributed by atoms with Gasteiger partial charge < -0.3 is 9.64 Å². The number of nitrogens with zero attached hydrogens (tertiary/aromatic N) is 1. The SMILES string of the molecule is CCc1ccc(C2SCC(=O)N2CCCOC)cc1. The van der Waals surface area contributed by atoms with Crippen LogP contribution >= 0.6 is 11.8 Å². The zero-order valence-electron chi connectivity index (χ0n) is 11.6. The number of amides is 1. The Morgan fingerprint density at radius 1 is 1.37 bits per heavy atom. The fourth-order valence-corrected chi connectivity index (χ4v) is 3.49. The summed E-state index contributed by atoms with van der Waals surface area (Å²) in [4.78, 5) is 13.9. The minimum atomic E-state index is 0.176. The number of aryl methyl sites for hydroxylation is 1. The second kappa shape index (κ2) is 6.96. The zero-order valence-corrected chi connectivity index (χ0v) is 12.4. The minimum Gasteiger partial charge on any atom is -0.385 e. The van der Waals surface area contributed by atoms with Gasteiger partial charge >= 0.3 is 0 Å². The second-order valence-electron chi connectivity index (χ2n) is 4.69. The van der Waals surface area contributed by atoms with E-state index in [0.29, 0.717) is 12.4 Å². The summed E-state index contributed by atoms with van der Waals surface area (Å²) >= 11 is 1.72. The molecule has 0 aliphatic carbocycles. The molecule has 0 bridgehead atoms. The molecule has 0 spiro atoms. The van der Waals surface area contributed by atoms with Gasteiger partial charge in [0.25, 0.3) is 0 Å². The van der Waals surface area contributed by atoms with Gasteiger partial charge in [0.15, 0.2) is 0 Å².